The first kappa shape index (κ1) is 21.2. The molecule has 3 amide bonds. The minimum absolute atomic E-state index is 0.0692. The number of aryl methyl sites for hydroxylation is 1. The summed E-state index contributed by atoms with van der Waals surface area (Å²) in [5, 5.41) is 3.56. The standard InChI is InChI=1S/C19H27ClN4O3/c1-5-6-17(24-12-23(13-25)22(4)11-18(24)26)19(27)21(3)10-15-8-7-14(2)9-16(15)20/h7-9,13,17H,5-6,10-12H2,1-4H3. The minimum Gasteiger partial charge on any atom is -0.340 e. The van der Waals surface area contributed by atoms with E-state index in [0.717, 1.165) is 17.5 Å². The van der Waals surface area contributed by atoms with Gasteiger partial charge in [-0.2, -0.15) is 0 Å². The lowest BCUT2D eigenvalue weighted by Crippen LogP contribution is -2.62. The second-order valence-electron chi connectivity index (χ2n) is 6.96. The number of rotatable bonds is 7. The molecule has 1 atom stereocenters. The van der Waals surface area contributed by atoms with E-state index in [1.165, 1.54) is 9.91 Å². The number of carbonyl (C=O) groups is 3. The van der Waals surface area contributed by atoms with E-state index in [0.29, 0.717) is 24.4 Å². The normalized spacial score (nSPS) is 16.4. The molecule has 0 N–H and O–H groups in total. The number of carbonyl (C=O) groups excluding carboxylic acids is 3. The van der Waals surface area contributed by atoms with Crippen molar-refractivity contribution >= 4 is 29.8 Å². The Bertz CT molecular complexity index is 712. The van der Waals surface area contributed by atoms with Gasteiger partial charge in [-0.05, 0) is 30.5 Å². The largest absolute Gasteiger partial charge is 0.340 e. The number of benzene rings is 1. The lowest BCUT2D eigenvalue weighted by atomic mass is 10.1. The molecule has 1 saturated heterocycles. The topological polar surface area (TPSA) is 64.2 Å². The number of hydrogen-bond acceptors (Lipinski definition) is 4. The molecule has 0 spiro atoms. The van der Waals surface area contributed by atoms with Gasteiger partial charge < -0.3 is 9.80 Å². The molecule has 0 aliphatic carbocycles. The summed E-state index contributed by atoms with van der Waals surface area (Å²) in [6.07, 6.45) is 1.95. The Morgan fingerprint density at radius 2 is 2.11 bits per heavy atom. The Morgan fingerprint density at radius 1 is 1.41 bits per heavy atom. The van der Waals surface area contributed by atoms with Crippen molar-refractivity contribution in [1.29, 1.82) is 0 Å². The monoisotopic (exact) mass is 394 g/mol. The van der Waals surface area contributed by atoms with Gasteiger partial charge in [0, 0.05) is 25.7 Å². The van der Waals surface area contributed by atoms with E-state index in [4.69, 9.17) is 11.6 Å². The molecule has 1 heterocycles. The average molecular weight is 395 g/mol. The molecule has 0 bridgehead atoms. The Kier molecular flexibility index (Phi) is 7.21. The van der Waals surface area contributed by atoms with Crippen molar-refractivity contribution in [3.8, 4) is 0 Å². The van der Waals surface area contributed by atoms with Gasteiger partial charge in [-0.1, -0.05) is 37.1 Å². The highest BCUT2D eigenvalue weighted by molar-refractivity contribution is 6.31. The molecule has 1 unspecified atom stereocenters. The molecule has 0 aromatic heterocycles. The van der Waals surface area contributed by atoms with E-state index in [1.807, 2.05) is 32.0 Å². The summed E-state index contributed by atoms with van der Waals surface area (Å²) >= 11 is 6.29. The first-order chi connectivity index (χ1) is 12.8. The lowest BCUT2D eigenvalue weighted by Gasteiger charge is -2.43. The summed E-state index contributed by atoms with van der Waals surface area (Å²) in [6, 6.07) is 5.12. The summed E-state index contributed by atoms with van der Waals surface area (Å²) in [5.74, 6) is -0.318. The van der Waals surface area contributed by atoms with Crippen LogP contribution in [0.3, 0.4) is 0 Å². The van der Waals surface area contributed by atoms with Crippen molar-refractivity contribution in [3.05, 3.63) is 34.3 Å². The van der Waals surface area contributed by atoms with Crippen molar-refractivity contribution in [3.63, 3.8) is 0 Å². The Morgan fingerprint density at radius 3 is 2.70 bits per heavy atom. The van der Waals surface area contributed by atoms with Crippen molar-refractivity contribution in [2.45, 2.75) is 39.3 Å². The quantitative estimate of drug-likeness (QED) is 0.662. The lowest BCUT2D eigenvalue weighted by molar-refractivity contribution is -0.170. The summed E-state index contributed by atoms with van der Waals surface area (Å²) in [6.45, 7) is 4.43. The first-order valence-corrected chi connectivity index (χ1v) is 9.38. The summed E-state index contributed by atoms with van der Waals surface area (Å²) < 4.78 is 0. The minimum atomic E-state index is -0.604. The number of halogens is 1. The second kappa shape index (κ2) is 9.19. The molecule has 8 heteroatoms. The van der Waals surface area contributed by atoms with Gasteiger partial charge in [0.2, 0.25) is 18.2 Å². The molecule has 1 fully saturated rings. The number of hydrazine groups is 1. The van der Waals surface area contributed by atoms with E-state index in [9.17, 15) is 14.4 Å². The van der Waals surface area contributed by atoms with Crippen LogP contribution in [0.1, 0.15) is 30.9 Å². The number of likely N-dealkylation sites (N-methyl/N-ethyl adjacent to an activating group) is 2. The van der Waals surface area contributed by atoms with Crippen LogP contribution in [-0.4, -0.2) is 71.4 Å². The Balaban J connectivity index is 2.17. The van der Waals surface area contributed by atoms with Gasteiger partial charge in [-0.3, -0.25) is 19.4 Å². The fourth-order valence-electron chi connectivity index (χ4n) is 3.16. The summed E-state index contributed by atoms with van der Waals surface area (Å²) in [4.78, 5) is 39.9. The molecule has 0 saturated carbocycles. The van der Waals surface area contributed by atoms with Crippen LogP contribution in [0.15, 0.2) is 18.2 Å². The predicted octanol–water partition coefficient (Wildman–Crippen LogP) is 1.88. The number of amides is 3. The SMILES string of the molecule is CCCC(C(=O)N(C)Cc1ccc(C)cc1Cl)N1CN(C=O)N(C)CC1=O. The van der Waals surface area contributed by atoms with Gasteiger partial charge >= 0.3 is 0 Å². The van der Waals surface area contributed by atoms with Crippen molar-refractivity contribution in [2.75, 3.05) is 27.3 Å². The molecule has 1 aromatic carbocycles. The third-order valence-electron chi connectivity index (χ3n) is 4.76. The van der Waals surface area contributed by atoms with Gasteiger partial charge in [-0.15, -0.1) is 0 Å². The predicted molar refractivity (Wildman–Crippen MR) is 104 cm³/mol. The third kappa shape index (κ3) is 4.99. The van der Waals surface area contributed by atoms with Crippen molar-refractivity contribution in [1.82, 2.24) is 19.8 Å². The molecule has 0 radical (unpaired) electrons. The van der Waals surface area contributed by atoms with Crippen LogP contribution in [0.4, 0.5) is 0 Å². The fourth-order valence-corrected chi connectivity index (χ4v) is 3.46. The Labute approximate surface area is 165 Å². The van der Waals surface area contributed by atoms with Gasteiger partial charge in [-0.25, -0.2) is 5.01 Å². The van der Waals surface area contributed by atoms with E-state index >= 15 is 0 Å². The highest BCUT2D eigenvalue weighted by Crippen LogP contribution is 2.21. The highest BCUT2D eigenvalue weighted by atomic mass is 35.5. The zero-order chi connectivity index (χ0) is 20.1. The maximum Gasteiger partial charge on any atom is 0.245 e. The number of nitrogens with zero attached hydrogens (tertiary/aromatic N) is 4. The van der Waals surface area contributed by atoms with E-state index in [-0.39, 0.29) is 25.0 Å². The van der Waals surface area contributed by atoms with Crippen LogP contribution in [0, 0.1) is 6.92 Å². The highest BCUT2D eigenvalue weighted by Gasteiger charge is 2.36. The molecule has 7 nitrogen and oxygen atoms in total. The van der Waals surface area contributed by atoms with Crippen LogP contribution < -0.4 is 0 Å². The molecular formula is C19H27ClN4O3. The second-order valence-corrected chi connectivity index (χ2v) is 7.37. The zero-order valence-corrected chi connectivity index (χ0v) is 17.1. The fraction of sp³-hybridized carbons (Fsp3) is 0.526. The van der Waals surface area contributed by atoms with E-state index in [2.05, 4.69) is 0 Å². The van der Waals surface area contributed by atoms with Crippen molar-refractivity contribution < 1.29 is 14.4 Å². The van der Waals surface area contributed by atoms with E-state index in [1.54, 1.807) is 24.0 Å². The van der Waals surface area contributed by atoms with Gasteiger partial charge in [0.25, 0.3) is 0 Å². The Hall–Kier alpha value is -2.12. The number of hydrogen-bond donors (Lipinski definition) is 0. The zero-order valence-electron chi connectivity index (χ0n) is 16.3. The molecular weight excluding hydrogens is 368 g/mol. The van der Waals surface area contributed by atoms with Crippen LogP contribution in [0.25, 0.3) is 0 Å². The van der Waals surface area contributed by atoms with Crippen LogP contribution in [-0.2, 0) is 20.9 Å². The van der Waals surface area contributed by atoms with Gasteiger partial charge in [0.05, 0.1) is 6.54 Å². The maximum absolute atomic E-state index is 13.1. The van der Waals surface area contributed by atoms with Gasteiger partial charge in [0.1, 0.15) is 12.7 Å². The van der Waals surface area contributed by atoms with Crippen LogP contribution in [0.5, 0.6) is 0 Å². The maximum atomic E-state index is 13.1. The van der Waals surface area contributed by atoms with E-state index < -0.39 is 6.04 Å². The smallest absolute Gasteiger partial charge is 0.245 e. The molecule has 2 rings (SSSR count). The van der Waals surface area contributed by atoms with Crippen molar-refractivity contribution in [2.24, 2.45) is 0 Å². The summed E-state index contributed by atoms with van der Waals surface area (Å²) in [5.41, 5.74) is 1.91. The molecule has 1 aromatic rings. The van der Waals surface area contributed by atoms with Gasteiger partial charge in [0.15, 0.2) is 0 Å². The first-order valence-electron chi connectivity index (χ1n) is 9.01. The van der Waals surface area contributed by atoms with Crippen LogP contribution >= 0.6 is 11.6 Å². The molecule has 148 valence electrons. The summed E-state index contributed by atoms with van der Waals surface area (Å²) in [7, 11) is 3.38. The average Bonchev–Trinajstić information content (AvgIpc) is 2.62. The third-order valence-corrected chi connectivity index (χ3v) is 5.11. The molecule has 1 aliphatic rings. The molecule has 1 aliphatic heterocycles. The van der Waals surface area contributed by atoms with Crippen LogP contribution in [0.2, 0.25) is 5.02 Å². The molecule has 27 heavy (non-hydrogen) atoms.